The van der Waals surface area contributed by atoms with E-state index in [0.717, 1.165) is 18.8 Å². The van der Waals surface area contributed by atoms with Crippen LogP contribution in [0.4, 0.5) is 0 Å². The standard InChI is InChI=1S/C17H24N4/c1-14-11-18-9-7-15(14)12-19-13-16-8-10-21(20-16)17-5-3-2-4-6-17/h7-11,17,19H,2-6,12-13H2,1H3. The summed E-state index contributed by atoms with van der Waals surface area (Å²) in [6.07, 6.45) is 12.5. The van der Waals surface area contributed by atoms with Crippen LogP contribution in [0, 0.1) is 6.92 Å². The fourth-order valence-corrected chi connectivity index (χ4v) is 3.05. The molecule has 0 saturated heterocycles. The number of nitrogens with one attached hydrogen (secondary N) is 1. The molecule has 0 radical (unpaired) electrons. The number of hydrogen-bond acceptors (Lipinski definition) is 3. The molecule has 1 aliphatic carbocycles. The van der Waals surface area contributed by atoms with Gasteiger partial charge in [-0.05, 0) is 43.0 Å². The van der Waals surface area contributed by atoms with Gasteiger partial charge >= 0.3 is 0 Å². The molecule has 2 aromatic rings. The number of nitrogens with zero attached hydrogens (tertiary/aromatic N) is 3. The van der Waals surface area contributed by atoms with Gasteiger partial charge in [-0.3, -0.25) is 9.67 Å². The Kier molecular flexibility index (Phi) is 4.65. The lowest BCUT2D eigenvalue weighted by Crippen LogP contribution is -2.16. The quantitative estimate of drug-likeness (QED) is 0.915. The van der Waals surface area contributed by atoms with Gasteiger partial charge in [0.15, 0.2) is 0 Å². The average molecular weight is 284 g/mol. The van der Waals surface area contributed by atoms with Crippen LogP contribution in [0.3, 0.4) is 0 Å². The van der Waals surface area contributed by atoms with Crippen molar-refractivity contribution >= 4 is 0 Å². The molecule has 1 fully saturated rings. The van der Waals surface area contributed by atoms with Crippen molar-refractivity contribution < 1.29 is 0 Å². The predicted molar refractivity (Wildman–Crippen MR) is 83.9 cm³/mol. The van der Waals surface area contributed by atoms with E-state index in [4.69, 9.17) is 5.10 Å². The zero-order chi connectivity index (χ0) is 14.5. The van der Waals surface area contributed by atoms with Crippen LogP contribution >= 0.6 is 0 Å². The van der Waals surface area contributed by atoms with Crippen LogP contribution < -0.4 is 5.32 Å². The Labute approximate surface area is 126 Å². The lowest BCUT2D eigenvalue weighted by atomic mass is 9.96. The van der Waals surface area contributed by atoms with Crippen molar-refractivity contribution in [2.24, 2.45) is 0 Å². The number of aryl methyl sites for hydroxylation is 1. The van der Waals surface area contributed by atoms with Gasteiger partial charge in [-0.25, -0.2) is 0 Å². The molecule has 1 saturated carbocycles. The van der Waals surface area contributed by atoms with E-state index in [1.165, 1.54) is 43.2 Å². The lowest BCUT2D eigenvalue weighted by molar-refractivity contribution is 0.327. The minimum atomic E-state index is 0.620. The fourth-order valence-electron chi connectivity index (χ4n) is 3.05. The maximum absolute atomic E-state index is 4.73. The largest absolute Gasteiger partial charge is 0.307 e. The molecule has 4 heteroatoms. The number of hydrogen-bond donors (Lipinski definition) is 1. The van der Waals surface area contributed by atoms with Gasteiger partial charge in [-0.2, -0.15) is 5.10 Å². The van der Waals surface area contributed by atoms with Crippen molar-refractivity contribution in [3.8, 4) is 0 Å². The normalized spacial score (nSPS) is 16.2. The second kappa shape index (κ2) is 6.85. The first-order chi connectivity index (χ1) is 10.3. The first kappa shape index (κ1) is 14.3. The average Bonchev–Trinajstić information content (AvgIpc) is 2.99. The molecule has 0 aliphatic heterocycles. The van der Waals surface area contributed by atoms with Crippen LogP contribution in [0.5, 0.6) is 0 Å². The van der Waals surface area contributed by atoms with Crippen molar-refractivity contribution in [2.75, 3.05) is 0 Å². The van der Waals surface area contributed by atoms with E-state index in [1.807, 2.05) is 12.4 Å². The van der Waals surface area contributed by atoms with Gasteiger partial charge < -0.3 is 5.32 Å². The van der Waals surface area contributed by atoms with E-state index in [2.05, 4.69) is 40.2 Å². The van der Waals surface area contributed by atoms with Gasteiger partial charge in [0.1, 0.15) is 0 Å². The van der Waals surface area contributed by atoms with E-state index < -0.39 is 0 Å². The third-order valence-corrected chi connectivity index (χ3v) is 4.37. The van der Waals surface area contributed by atoms with Crippen molar-refractivity contribution in [3.63, 3.8) is 0 Å². The topological polar surface area (TPSA) is 42.7 Å². The van der Waals surface area contributed by atoms with E-state index in [0.29, 0.717) is 6.04 Å². The lowest BCUT2D eigenvalue weighted by Gasteiger charge is -2.21. The molecule has 0 aromatic carbocycles. The van der Waals surface area contributed by atoms with Gasteiger partial charge in [0.25, 0.3) is 0 Å². The molecular formula is C17H24N4. The molecule has 0 spiro atoms. The molecule has 2 heterocycles. The minimum absolute atomic E-state index is 0.620. The van der Waals surface area contributed by atoms with Crippen LogP contribution in [-0.2, 0) is 13.1 Å². The Morgan fingerprint density at radius 3 is 2.86 bits per heavy atom. The summed E-state index contributed by atoms with van der Waals surface area (Å²) in [5.74, 6) is 0. The van der Waals surface area contributed by atoms with Gasteiger partial charge in [-0.1, -0.05) is 19.3 Å². The molecule has 1 aliphatic rings. The molecule has 4 nitrogen and oxygen atoms in total. The van der Waals surface area contributed by atoms with Crippen LogP contribution in [0.15, 0.2) is 30.7 Å². The molecule has 0 amide bonds. The van der Waals surface area contributed by atoms with E-state index in [1.54, 1.807) is 0 Å². The van der Waals surface area contributed by atoms with Crippen molar-refractivity contribution in [1.82, 2.24) is 20.1 Å². The highest BCUT2D eigenvalue weighted by Gasteiger charge is 2.15. The predicted octanol–water partition coefficient (Wildman–Crippen LogP) is 3.38. The van der Waals surface area contributed by atoms with Gasteiger partial charge in [-0.15, -0.1) is 0 Å². The number of pyridine rings is 1. The molecule has 21 heavy (non-hydrogen) atoms. The Bertz CT molecular complexity index is 570. The number of rotatable bonds is 5. The summed E-state index contributed by atoms with van der Waals surface area (Å²) >= 11 is 0. The van der Waals surface area contributed by atoms with E-state index in [-0.39, 0.29) is 0 Å². The third kappa shape index (κ3) is 3.70. The highest BCUT2D eigenvalue weighted by atomic mass is 15.3. The Morgan fingerprint density at radius 1 is 1.19 bits per heavy atom. The molecule has 112 valence electrons. The monoisotopic (exact) mass is 284 g/mol. The second-order valence-electron chi connectivity index (χ2n) is 5.98. The summed E-state index contributed by atoms with van der Waals surface area (Å²) in [6.45, 7) is 3.79. The van der Waals surface area contributed by atoms with Crippen molar-refractivity contribution in [3.05, 3.63) is 47.5 Å². The summed E-state index contributed by atoms with van der Waals surface area (Å²) < 4.78 is 2.17. The zero-order valence-electron chi connectivity index (χ0n) is 12.8. The fraction of sp³-hybridized carbons (Fsp3) is 0.529. The highest BCUT2D eigenvalue weighted by molar-refractivity contribution is 5.21. The summed E-state index contributed by atoms with van der Waals surface area (Å²) in [4.78, 5) is 4.12. The smallest absolute Gasteiger partial charge is 0.0762 e. The molecule has 1 N–H and O–H groups in total. The molecule has 2 aromatic heterocycles. The van der Waals surface area contributed by atoms with Gasteiger partial charge in [0, 0.05) is 31.7 Å². The van der Waals surface area contributed by atoms with E-state index >= 15 is 0 Å². The maximum atomic E-state index is 4.73. The number of aromatic nitrogens is 3. The van der Waals surface area contributed by atoms with E-state index in [9.17, 15) is 0 Å². The summed E-state index contributed by atoms with van der Waals surface area (Å²) in [6, 6.07) is 4.83. The SMILES string of the molecule is Cc1cnccc1CNCc1ccn(C2CCCCC2)n1. The van der Waals surface area contributed by atoms with Crippen LogP contribution in [-0.4, -0.2) is 14.8 Å². The summed E-state index contributed by atoms with van der Waals surface area (Å²) in [5.41, 5.74) is 3.67. The Hall–Kier alpha value is -1.68. The minimum Gasteiger partial charge on any atom is -0.307 e. The van der Waals surface area contributed by atoms with Gasteiger partial charge in [0.2, 0.25) is 0 Å². The summed E-state index contributed by atoms with van der Waals surface area (Å²) in [5, 5.41) is 8.20. The van der Waals surface area contributed by atoms with Crippen LogP contribution in [0.2, 0.25) is 0 Å². The first-order valence-electron chi connectivity index (χ1n) is 7.97. The molecule has 0 atom stereocenters. The Balaban J connectivity index is 1.52. The molecule has 0 unspecified atom stereocenters. The van der Waals surface area contributed by atoms with Crippen molar-refractivity contribution in [1.29, 1.82) is 0 Å². The molecular weight excluding hydrogens is 260 g/mol. The van der Waals surface area contributed by atoms with Gasteiger partial charge in [0.05, 0.1) is 11.7 Å². The van der Waals surface area contributed by atoms with Crippen LogP contribution in [0.1, 0.15) is 55.0 Å². The van der Waals surface area contributed by atoms with Crippen molar-refractivity contribution in [2.45, 2.75) is 58.2 Å². The zero-order valence-corrected chi connectivity index (χ0v) is 12.8. The van der Waals surface area contributed by atoms with Crippen LogP contribution in [0.25, 0.3) is 0 Å². The highest BCUT2D eigenvalue weighted by Crippen LogP contribution is 2.27. The Morgan fingerprint density at radius 2 is 2.05 bits per heavy atom. The first-order valence-corrected chi connectivity index (χ1v) is 7.97. The maximum Gasteiger partial charge on any atom is 0.0762 e. The third-order valence-electron chi connectivity index (χ3n) is 4.37. The summed E-state index contributed by atoms with van der Waals surface area (Å²) in [7, 11) is 0. The molecule has 3 rings (SSSR count). The molecule has 0 bridgehead atoms. The second-order valence-corrected chi connectivity index (χ2v) is 5.98.